The SMILES string of the molecule is Cn1c(=O)[nH]cc([C@@H]2O[C@H](COP(=O)(O)O)[C@@H](O)[C@H]2O)c1=O.Cn1cc([C@@H]2O[C@H](COP(=O)(O)O)[C@@H](O)[C@H]2O)c(=O)[nH]c1=O.Cn1cc([C@@H]2O[C@H](COP(=O)(O)O)[C@@H](O)[C@H]2O)c(=O)n(C)c1=O.O=c1[nH]cc([C@@H]2O[C@H](COP(=O)(O)O)[C@@H](O)[C@H]2O)c(=O)[nH]1. The molecule has 0 amide bonds. The van der Waals surface area contributed by atoms with E-state index >= 15 is 0 Å². The summed E-state index contributed by atoms with van der Waals surface area (Å²) in [6.45, 7) is -2.71. The van der Waals surface area contributed by atoms with Crippen LogP contribution in [0.1, 0.15) is 46.7 Å². The minimum absolute atomic E-state index is 0.0696. The molecule has 88 heavy (non-hydrogen) atoms. The lowest BCUT2D eigenvalue weighted by Crippen LogP contribution is -2.40. The van der Waals surface area contributed by atoms with Crippen LogP contribution in [0.4, 0.5) is 0 Å². The number of nitrogens with zero attached hydrogens (tertiary/aromatic N) is 4. The molecule has 4 aromatic rings. The van der Waals surface area contributed by atoms with Gasteiger partial charge in [0.2, 0.25) is 0 Å². The van der Waals surface area contributed by atoms with E-state index in [1.54, 1.807) is 0 Å². The van der Waals surface area contributed by atoms with E-state index in [0.29, 0.717) is 0 Å². The summed E-state index contributed by atoms with van der Waals surface area (Å²) >= 11 is 0. The molecule has 4 aromatic heterocycles. The summed E-state index contributed by atoms with van der Waals surface area (Å²) in [5.74, 6) is 0. The van der Waals surface area contributed by atoms with Gasteiger partial charge in [-0.1, -0.05) is 0 Å². The summed E-state index contributed by atoms with van der Waals surface area (Å²) in [7, 11) is -13.8. The van der Waals surface area contributed by atoms with Crippen LogP contribution in [-0.4, -0.2) is 218 Å². The largest absolute Gasteiger partial charge is 0.469 e. The second-order valence-corrected chi connectivity index (χ2v) is 24.1. The van der Waals surface area contributed by atoms with Gasteiger partial charge >= 0.3 is 54.0 Å². The zero-order chi connectivity index (χ0) is 66.6. The van der Waals surface area contributed by atoms with Gasteiger partial charge in [0.15, 0.2) is 0 Å². The molecule has 4 aliphatic rings. The molecule has 4 aliphatic heterocycles. The number of rotatable bonds is 16. The minimum Gasteiger partial charge on any atom is -0.387 e. The van der Waals surface area contributed by atoms with Crippen molar-refractivity contribution in [3.63, 3.8) is 0 Å². The molecular weight excluding hydrogens is 1290 g/mol. The van der Waals surface area contributed by atoms with Crippen LogP contribution in [0.15, 0.2) is 63.1 Å². The number of ether oxygens (including phenoxy) is 4. The molecule has 496 valence electrons. The highest BCUT2D eigenvalue weighted by Gasteiger charge is 2.49. The predicted octanol–water partition coefficient (Wildman–Crippen LogP) is -10.6. The fourth-order valence-corrected chi connectivity index (χ4v) is 9.86. The summed E-state index contributed by atoms with van der Waals surface area (Å²) in [6, 6.07) is 0. The lowest BCUT2D eigenvalue weighted by molar-refractivity contribution is -0.0230. The zero-order valence-electron chi connectivity index (χ0n) is 45.3. The summed E-state index contributed by atoms with van der Waals surface area (Å²) in [5.41, 5.74) is -6.11. The van der Waals surface area contributed by atoms with Gasteiger partial charge in [-0.25, -0.2) is 37.4 Å². The second kappa shape index (κ2) is 29.3. The molecule has 0 aliphatic carbocycles. The van der Waals surface area contributed by atoms with E-state index in [4.69, 9.17) is 58.1 Å². The van der Waals surface area contributed by atoms with Gasteiger partial charge in [0, 0.05) is 53.0 Å². The first-order valence-corrected chi connectivity index (χ1v) is 30.6. The summed E-state index contributed by atoms with van der Waals surface area (Å²) in [6.07, 6.45) is -17.8. The highest BCUT2D eigenvalue weighted by atomic mass is 31.2. The number of aryl methyl sites for hydroxylation is 2. The lowest BCUT2D eigenvalue weighted by atomic mass is 10.0. The molecule has 16 atom stereocenters. The van der Waals surface area contributed by atoms with Gasteiger partial charge in [-0.05, 0) is 0 Å². The third kappa shape index (κ3) is 18.9. The van der Waals surface area contributed by atoms with Crippen LogP contribution in [0.5, 0.6) is 0 Å². The number of phosphoric acid groups is 4. The molecular formula is C40H60N8O36P4. The highest BCUT2D eigenvalue weighted by molar-refractivity contribution is 7.47. The molecule has 8 heterocycles. The molecule has 0 radical (unpaired) electrons. The van der Waals surface area contributed by atoms with Crippen molar-refractivity contribution in [2.45, 2.75) is 97.7 Å². The summed E-state index contributed by atoms with van der Waals surface area (Å²) in [4.78, 5) is 170. The summed E-state index contributed by atoms with van der Waals surface area (Å²) < 4.78 is 84.1. The van der Waals surface area contributed by atoms with Crippen molar-refractivity contribution >= 4 is 31.3 Å². The number of nitrogens with one attached hydrogen (secondary N) is 4. The molecule has 0 aromatic carbocycles. The molecule has 4 fully saturated rings. The molecule has 0 saturated carbocycles. The average Bonchev–Trinajstić information content (AvgIpc) is 1.88. The van der Waals surface area contributed by atoms with Crippen LogP contribution in [0.25, 0.3) is 0 Å². The van der Waals surface area contributed by atoms with Crippen molar-refractivity contribution in [1.29, 1.82) is 0 Å². The molecule has 48 heteroatoms. The third-order valence-corrected chi connectivity index (χ3v) is 14.9. The van der Waals surface area contributed by atoms with E-state index in [1.165, 1.54) is 34.4 Å². The molecule has 0 spiro atoms. The molecule has 8 rings (SSSR count). The molecule has 0 bridgehead atoms. The first-order valence-electron chi connectivity index (χ1n) is 24.5. The normalized spacial score (nSPS) is 29.0. The Morgan fingerprint density at radius 1 is 0.409 bits per heavy atom. The molecule has 0 unspecified atom stereocenters. The Hall–Kier alpha value is -5.32. The maximum absolute atomic E-state index is 12.1. The topological polar surface area (TPSA) is 685 Å². The smallest absolute Gasteiger partial charge is 0.387 e. The molecule has 4 saturated heterocycles. The molecule has 20 N–H and O–H groups in total. The van der Waals surface area contributed by atoms with Crippen LogP contribution >= 0.6 is 31.3 Å². The van der Waals surface area contributed by atoms with Crippen LogP contribution in [0.3, 0.4) is 0 Å². The van der Waals surface area contributed by atoms with Gasteiger partial charge < -0.3 is 118 Å². The number of aliphatic hydroxyl groups is 8. The maximum Gasteiger partial charge on any atom is 0.469 e. The number of aromatic amines is 4. The number of aromatic nitrogens is 8. The Bertz CT molecular complexity index is 3750. The Kier molecular flexibility index (Phi) is 24.5. The van der Waals surface area contributed by atoms with E-state index in [-0.39, 0.29) is 22.3 Å². The number of hydrogen-bond acceptors (Lipinski definition) is 28. The number of H-pyrrole nitrogens is 4. The van der Waals surface area contributed by atoms with Gasteiger partial charge in [0.25, 0.3) is 22.2 Å². The minimum atomic E-state index is -4.77. The summed E-state index contributed by atoms with van der Waals surface area (Å²) in [5, 5.41) is 79.0. The quantitative estimate of drug-likeness (QED) is 0.0463. The van der Waals surface area contributed by atoms with Crippen molar-refractivity contribution < 1.29 is 135 Å². The van der Waals surface area contributed by atoms with Crippen LogP contribution in [0, 0.1) is 0 Å². The van der Waals surface area contributed by atoms with Gasteiger partial charge in [-0.3, -0.25) is 56.4 Å². The predicted molar refractivity (Wildman–Crippen MR) is 280 cm³/mol. The lowest BCUT2D eigenvalue weighted by Gasteiger charge is -2.16. The van der Waals surface area contributed by atoms with Crippen molar-refractivity contribution in [1.82, 2.24) is 38.2 Å². The van der Waals surface area contributed by atoms with Crippen molar-refractivity contribution in [2.75, 3.05) is 26.4 Å². The van der Waals surface area contributed by atoms with Gasteiger partial charge in [-0.15, -0.1) is 0 Å². The maximum atomic E-state index is 12.1. The Morgan fingerprint density at radius 2 is 0.727 bits per heavy atom. The third-order valence-electron chi connectivity index (χ3n) is 13.0. The second-order valence-electron chi connectivity index (χ2n) is 19.2. The van der Waals surface area contributed by atoms with E-state index in [1.807, 2.05) is 9.97 Å². The first-order chi connectivity index (χ1) is 40.4. The fraction of sp³-hybridized carbons (Fsp3) is 0.600. The van der Waals surface area contributed by atoms with Gasteiger partial charge in [0.05, 0.1) is 48.7 Å². The van der Waals surface area contributed by atoms with Gasteiger partial charge in [0.1, 0.15) is 97.7 Å². The van der Waals surface area contributed by atoms with E-state index in [2.05, 4.69) is 28.1 Å². The zero-order valence-corrected chi connectivity index (χ0v) is 48.9. The number of phosphoric ester groups is 4. The molecule has 44 nitrogen and oxygen atoms in total. The van der Waals surface area contributed by atoms with Crippen molar-refractivity contribution in [2.24, 2.45) is 28.2 Å². The van der Waals surface area contributed by atoms with E-state index in [9.17, 15) is 97.5 Å². The fourth-order valence-electron chi connectivity index (χ4n) is 8.49. The standard InChI is InChI=1S/C11H17N2O9P.2C10H15N2O9P.C9H13N2O9P/c1-12-3-5(10(16)13(2)11(12)17)9-8(15)7(14)6(22-9)4-21-23(18,19)20;1-12-2-4(9(15)11-10(12)16)8-7(14)6(13)5(21-8)3-20-22(17,18)19;1-12-9(15)4(2-11-10(12)16)8-7(14)6(13)5(21-8)3-20-22(17,18)19;12-5-4(2-19-21(16,17)18)20-7(6(5)13)3-1-10-9(15)11-8(3)14/h3,6-9,14-15H,4H2,1-2H3,(H2,18,19,20);2,5-8,13-14H,3H2,1H3,(H,11,15,16)(H2,17,18,19);2,5-8,13-14H,3H2,1H3,(H,11,16)(H2,17,18,19);1,4-7,12-13H,2H2,(H2,16,17,18)(H2,10,11,14,15)/t6-,7-,8-,9+;2*5-,6-,7-,8+;4-,5-,6-,7+/m1111/s1. The number of aliphatic hydroxyl groups excluding tert-OH is 8. The average molecular weight is 1350 g/mol. The Balaban J connectivity index is 0.000000214. The Labute approximate surface area is 486 Å². The van der Waals surface area contributed by atoms with E-state index < -0.39 is 200 Å². The monoisotopic (exact) mass is 1350 g/mol. The van der Waals surface area contributed by atoms with Crippen LogP contribution in [-0.2, 0) is 83.5 Å². The van der Waals surface area contributed by atoms with Crippen molar-refractivity contribution in [3.05, 3.63) is 130 Å². The van der Waals surface area contributed by atoms with Crippen LogP contribution in [0.2, 0.25) is 0 Å². The highest BCUT2D eigenvalue weighted by Crippen LogP contribution is 2.42. The van der Waals surface area contributed by atoms with Crippen LogP contribution < -0.4 is 45.0 Å². The first kappa shape index (κ1) is 73.4. The van der Waals surface area contributed by atoms with Gasteiger partial charge in [-0.2, -0.15) is 0 Å². The Morgan fingerprint density at radius 3 is 1.10 bits per heavy atom. The van der Waals surface area contributed by atoms with Crippen molar-refractivity contribution in [3.8, 4) is 0 Å². The van der Waals surface area contributed by atoms with E-state index in [0.717, 1.165) is 36.9 Å². The number of hydrogen-bond donors (Lipinski definition) is 20.